The first-order valence-corrected chi connectivity index (χ1v) is 6.90. The predicted molar refractivity (Wildman–Crippen MR) is 85.0 cm³/mol. The Labute approximate surface area is 130 Å². The van der Waals surface area contributed by atoms with Crippen molar-refractivity contribution in [3.05, 3.63) is 64.6 Å². The Bertz CT molecular complexity index is 672. The minimum Gasteiger partial charge on any atom is -0.318 e. The van der Waals surface area contributed by atoms with Gasteiger partial charge in [-0.05, 0) is 18.2 Å². The summed E-state index contributed by atoms with van der Waals surface area (Å²) in [5, 5.41) is 6.22. The minimum absolute atomic E-state index is 0.549. The van der Waals surface area contributed by atoms with Crippen LogP contribution in [0.15, 0.2) is 64.2 Å². The first-order chi connectivity index (χ1) is 10.2. The summed E-state index contributed by atoms with van der Waals surface area (Å²) >= 11 is 3.35. The van der Waals surface area contributed by atoms with Gasteiger partial charge in [-0.2, -0.15) is 5.10 Å². The molecule has 2 aromatic carbocycles. The number of amides is 2. The van der Waals surface area contributed by atoms with Crippen LogP contribution < -0.4 is 10.7 Å². The molecule has 0 saturated carbocycles. The largest absolute Gasteiger partial charge is 0.329 e. The smallest absolute Gasteiger partial charge is 0.318 e. The third kappa shape index (κ3) is 4.54. The summed E-state index contributed by atoms with van der Waals surface area (Å²) in [6.45, 7) is 0. The summed E-state index contributed by atoms with van der Waals surface area (Å²) < 4.78 is 0.844. The van der Waals surface area contributed by atoms with Gasteiger partial charge in [0.2, 0.25) is 0 Å². The molecule has 0 aliphatic rings. The van der Waals surface area contributed by atoms with E-state index in [-0.39, 0.29) is 0 Å². The van der Waals surface area contributed by atoms with E-state index in [1.54, 1.807) is 24.3 Å². The zero-order valence-electron chi connectivity index (χ0n) is 10.9. The van der Waals surface area contributed by atoms with E-state index in [2.05, 4.69) is 31.8 Å². The maximum Gasteiger partial charge on any atom is 0.329 e. The third-order valence-electron chi connectivity index (χ3n) is 2.51. The molecule has 0 aliphatic heterocycles. The summed E-state index contributed by atoms with van der Waals surface area (Å²) in [4.78, 5) is 23.2. The lowest BCUT2D eigenvalue weighted by Crippen LogP contribution is -2.32. The Morgan fingerprint density at radius 1 is 0.952 bits per heavy atom. The molecule has 0 fully saturated rings. The van der Waals surface area contributed by atoms with Gasteiger partial charge in [0.25, 0.3) is 0 Å². The van der Waals surface area contributed by atoms with E-state index >= 15 is 0 Å². The maximum absolute atomic E-state index is 11.6. The van der Waals surface area contributed by atoms with Gasteiger partial charge in [-0.3, -0.25) is 9.59 Å². The van der Waals surface area contributed by atoms with Crippen molar-refractivity contribution in [2.24, 2.45) is 5.10 Å². The molecule has 0 bridgehead atoms. The Hall–Kier alpha value is -2.47. The van der Waals surface area contributed by atoms with Crippen LogP contribution in [0.5, 0.6) is 0 Å². The van der Waals surface area contributed by atoms with E-state index in [4.69, 9.17) is 0 Å². The van der Waals surface area contributed by atoms with Crippen LogP contribution in [0.4, 0.5) is 5.69 Å². The normalized spacial score (nSPS) is 10.3. The number of carbonyl (C=O) groups is 2. The van der Waals surface area contributed by atoms with E-state index in [9.17, 15) is 9.59 Å². The first-order valence-electron chi connectivity index (χ1n) is 6.11. The quantitative estimate of drug-likeness (QED) is 0.509. The number of halogens is 1. The number of nitrogens with zero attached hydrogens (tertiary/aromatic N) is 1. The van der Waals surface area contributed by atoms with Crippen molar-refractivity contribution in [3.8, 4) is 0 Å². The SMILES string of the molecule is O=C(N/N=C/c1ccccc1Br)C(=O)Nc1ccccc1. The van der Waals surface area contributed by atoms with Crippen LogP contribution in [-0.2, 0) is 9.59 Å². The third-order valence-corrected chi connectivity index (χ3v) is 3.24. The van der Waals surface area contributed by atoms with Gasteiger partial charge < -0.3 is 5.32 Å². The Kier molecular flexibility index (Phi) is 5.22. The molecule has 0 aliphatic carbocycles. The predicted octanol–water partition coefficient (Wildman–Crippen LogP) is 2.54. The molecule has 2 N–H and O–H groups in total. The van der Waals surface area contributed by atoms with E-state index in [0.29, 0.717) is 5.69 Å². The average molecular weight is 346 g/mol. The molecule has 0 saturated heterocycles. The second-order valence-electron chi connectivity index (χ2n) is 4.04. The molecule has 2 amide bonds. The zero-order chi connectivity index (χ0) is 15.1. The summed E-state index contributed by atoms with van der Waals surface area (Å²) in [6.07, 6.45) is 1.46. The van der Waals surface area contributed by atoms with E-state index in [1.165, 1.54) is 6.21 Å². The van der Waals surface area contributed by atoms with Gasteiger partial charge in [-0.15, -0.1) is 0 Å². The molecule has 0 heterocycles. The summed E-state index contributed by atoms with van der Waals surface area (Å²) in [5.74, 6) is -1.60. The molecule has 5 nitrogen and oxygen atoms in total. The maximum atomic E-state index is 11.6. The summed E-state index contributed by atoms with van der Waals surface area (Å²) in [6, 6.07) is 16.1. The van der Waals surface area contributed by atoms with Crippen molar-refractivity contribution in [2.75, 3.05) is 5.32 Å². The number of hydrazone groups is 1. The van der Waals surface area contributed by atoms with E-state index in [1.807, 2.05) is 30.3 Å². The van der Waals surface area contributed by atoms with Crippen LogP contribution in [0.3, 0.4) is 0 Å². The van der Waals surface area contributed by atoms with Crippen molar-refractivity contribution >= 4 is 39.6 Å². The monoisotopic (exact) mass is 345 g/mol. The topological polar surface area (TPSA) is 70.6 Å². The van der Waals surface area contributed by atoms with Gasteiger partial charge in [0.1, 0.15) is 0 Å². The molecule has 2 aromatic rings. The van der Waals surface area contributed by atoms with Gasteiger partial charge >= 0.3 is 11.8 Å². The second kappa shape index (κ2) is 7.35. The lowest BCUT2D eigenvalue weighted by Gasteiger charge is -2.03. The minimum atomic E-state index is -0.831. The number of benzene rings is 2. The molecule has 106 valence electrons. The number of hydrogen-bond donors (Lipinski definition) is 2. The molecule has 21 heavy (non-hydrogen) atoms. The van der Waals surface area contributed by atoms with Crippen LogP contribution in [0.25, 0.3) is 0 Å². The highest BCUT2D eigenvalue weighted by molar-refractivity contribution is 9.10. The number of carbonyl (C=O) groups excluding carboxylic acids is 2. The fourth-order valence-electron chi connectivity index (χ4n) is 1.50. The number of para-hydroxylation sites is 1. The van der Waals surface area contributed by atoms with Crippen LogP contribution >= 0.6 is 15.9 Å². The van der Waals surface area contributed by atoms with Gasteiger partial charge in [0.15, 0.2) is 0 Å². The van der Waals surface area contributed by atoms with Crippen molar-refractivity contribution in [3.63, 3.8) is 0 Å². The van der Waals surface area contributed by atoms with Gasteiger partial charge in [0, 0.05) is 15.7 Å². The molecular weight excluding hydrogens is 334 g/mol. The molecule has 6 heteroatoms. The summed E-state index contributed by atoms with van der Waals surface area (Å²) in [5.41, 5.74) is 3.52. The lowest BCUT2D eigenvalue weighted by molar-refractivity contribution is -0.136. The summed E-state index contributed by atoms with van der Waals surface area (Å²) in [7, 11) is 0. The first kappa shape index (κ1) is 14.9. The van der Waals surface area contributed by atoms with Crippen molar-refractivity contribution in [1.29, 1.82) is 0 Å². The van der Waals surface area contributed by atoms with Crippen molar-refractivity contribution < 1.29 is 9.59 Å². The molecule has 0 unspecified atom stereocenters. The number of rotatable bonds is 3. The molecule has 0 aromatic heterocycles. The fraction of sp³-hybridized carbons (Fsp3) is 0. The lowest BCUT2D eigenvalue weighted by atomic mass is 10.2. The highest BCUT2D eigenvalue weighted by atomic mass is 79.9. The molecule has 2 rings (SSSR count). The van der Waals surface area contributed by atoms with Crippen LogP contribution in [0.2, 0.25) is 0 Å². The molecular formula is C15H12BrN3O2. The van der Waals surface area contributed by atoms with Crippen molar-refractivity contribution in [1.82, 2.24) is 5.43 Å². The standard InChI is InChI=1S/C15H12BrN3O2/c16-13-9-5-4-6-11(13)10-17-19-15(21)14(20)18-12-7-2-1-3-8-12/h1-10H,(H,18,20)(H,19,21)/b17-10+. The zero-order valence-corrected chi connectivity index (χ0v) is 12.5. The Morgan fingerprint density at radius 3 is 2.33 bits per heavy atom. The van der Waals surface area contributed by atoms with Gasteiger partial charge in [-0.1, -0.05) is 52.3 Å². The Balaban J connectivity index is 1.90. The number of nitrogens with one attached hydrogen (secondary N) is 2. The molecule has 0 spiro atoms. The Morgan fingerprint density at radius 2 is 1.62 bits per heavy atom. The highest BCUT2D eigenvalue weighted by Gasteiger charge is 2.12. The van der Waals surface area contributed by atoms with Gasteiger partial charge in [0.05, 0.1) is 6.21 Å². The van der Waals surface area contributed by atoms with E-state index < -0.39 is 11.8 Å². The van der Waals surface area contributed by atoms with Crippen molar-refractivity contribution in [2.45, 2.75) is 0 Å². The van der Waals surface area contributed by atoms with Crippen LogP contribution in [0.1, 0.15) is 5.56 Å². The van der Waals surface area contributed by atoms with Crippen LogP contribution in [0, 0.1) is 0 Å². The molecule has 0 atom stereocenters. The van der Waals surface area contributed by atoms with E-state index in [0.717, 1.165) is 10.0 Å². The molecule has 0 radical (unpaired) electrons. The van der Waals surface area contributed by atoms with Gasteiger partial charge in [-0.25, -0.2) is 5.43 Å². The van der Waals surface area contributed by atoms with Crippen LogP contribution in [-0.4, -0.2) is 18.0 Å². The number of anilines is 1. The number of hydrogen-bond acceptors (Lipinski definition) is 3. The highest BCUT2D eigenvalue weighted by Crippen LogP contribution is 2.13. The fourth-order valence-corrected chi connectivity index (χ4v) is 1.89. The average Bonchev–Trinajstić information content (AvgIpc) is 2.50. The second-order valence-corrected chi connectivity index (χ2v) is 4.90.